The van der Waals surface area contributed by atoms with E-state index in [1.54, 1.807) is 31.2 Å². The lowest BCUT2D eigenvalue weighted by molar-refractivity contribution is -0.136. The van der Waals surface area contributed by atoms with Crippen LogP contribution in [-0.2, 0) is 14.3 Å². The van der Waals surface area contributed by atoms with Crippen molar-refractivity contribution in [2.75, 3.05) is 12.0 Å². The number of ether oxygens (including phenoxy) is 1. The molecule has 4 nitrogen and oxygen atoms in total. The molecule has 1 amide bonds. The number of allylic oxidation sites excluding steroid dienone is 1. The van der Waals surface area contributed by atoms with Crippen LogP contribution in [0.5, 0.6) is 0 Å². The number of carbonyl (C=O) groups is 2. The van der Waals surface area contributed by atoms with E-state index in [4.69, 9.17) is 11.6 Å². The lowest BCUT2D eigenvalue weighted by Gasteiger charge is -2.19. The Labute approximate surface area is 110 Å². The van der Waals surface area contributed by atoms with E-state index >= 15 is 0 Å². The Balaban J connectivity index is 2.46. The van der Waals surface area contributed by atoms with Crippen molar-refractivity contribution in [2.45, 2.75) is 13.3 Å². The average molecular weight is 266 g/mol. The van der Waals surface area contributed by atoms with E-state index in [-0.39, 0.29) is 12.3 Å². The first-order valence-corrected chi connectivity index (χ1v) is 5.79. The second kappa shape index (κ2) is 4.82. The Morgan fingerprint density at radius 3 is 2.67 bits per heavy atom. The molecule has 0 N–H and O–H groups in total. The van der Waals surface area contributed by atoms with Crippen LogP contribution in [-0.4, -0.2) is 19.0 Å². The van der Waals surface area contributed by atoms with Crippen molar-refractivity contribution in [2.24, 2.45) is 0 Å². The molecule has 0 aromatic heterocycles. The molecule has 94 valence electrons. The molecule has 0 spiro atoms. The number of anilines is 1. The van der Waals surface area contributed by atoms with Gasteiger partial charge < -0.3 is 4.74 Å². The number of rotatable bonds is 2. The van der Waals surface area contributed by atoms with Crippen LogP contribution in [0.2, 0.25) is 5.02 Å². The number of hydrogen-bond acceptors (Lipinski definition) is 3. The van der Waals surface area contributed by atoms with Gasteiger partial charge in [-0.05, 0) is 19.1 Å². The Morgan fingerprint density at radius 2 is 2.06 bits per heavy atom. The number of amides is 1. The molecule has 0 saturated heterocycles. The lowest BCUT2D eigenvalue weighted by Crippen LogP contribution is -2.23. The molecule has 1 aromatic rings. The van der Waals surface area contributed by atoms with Gasteiger partial charge in [-0.1, -0.05) is 23.7 Å². The van der Waals surface area contributed by atoms with Crippen LogP contribution in [0.1, 0.15) is 13.3 Å². The Morgan fingerprint density at radius 1 is 1.39 bits per heavy atom. The Bertz CT molecular complexity index is 551. The van der Waals surface area contributed by atoms with Crippen LogP contribution in [0, 0.1) is 0 Å². The second-order valence-electron chi connectivity index (χ2n) is 3.91. The summed E-state index contributed by atoms with van der Waals surface area (Å²) in [5.74, 6) is -0.656. The van der Waals surface area contributed by atoms with E-state index in [2.05, 4.69) is 4.74 Å². The first-order valence-electron chi connectivity index (χ1n) is 5.41. The third-order valence-corrected chi connectivity index (χ3v) is 3.19. The number of esters is 1. The van der Waals surface area contributed by atoms with Gasteiger partial charge in [-0.25, -0.2) is 4.79 Å². The minimum absolute atomic E-state index is 0.0454. The summed E-state index contributed by atoms with van der Waals surface area (Å²) in [5, 5.41) is 0.469. The molecule has 0 bridgehead atoms. The quantitative estimate of drug-likeness (QED) is 0.772. The van der Waals surface area contributed by atoms with Gasteiger partial charge >= 0.3 is 5.97 Å². The third-order valence-electron chi connectivity index (χ3n) is 2.87. The predicted molar refractivity (Wildman–Crippen MR) is 68.3 cm³/mol. The normalized spacial score (nSPS) is 15.3. The van der Waals surface area contributed by atoms with Crippen LogP contribution in [0.4, 0.5) is 5.69 Å². The fourth-order valence-electron chi connectivity index (χ4n) is 1.97. The Hall–Kier alpha value is -1.81. The van der Waals surface area contributed by atoms with E-state index in [1.807, 2.05) is 0 Å². The zero-order valence-electron chi connectivity index (χ0n) is 10.1. The number of carbonyl (C=O) groups excluding carboxylic acids is 2. The summed E-state index contributed by atoms with van der Waals surface area (Å²) in [6, 6.07) is 7.02. The van der Waals surface area contributed by atoms with Gasteiger partial charge in [-0.3, -0.25) is 9.69 Å². The molecule has 1 aliphatic heterocycles. The molecule has 0 saturated carbocycles. The van der Waals surface area contributed by atoms with E-state index in [0.29, 0.717) is 22.0 Å². The van der Waals surface area contributed by atoms with Crippen molar-refractivity contribution in [3.05, 3.63) is 40.6 Å². The summed E-state index contributed by atoms with van der Waals surface area (Å²) >= 11 is 6.06. The maximum atomic E-state index is 12.0. The highest BCUT2D eigenvalue weighted by Crippen LogP contribution is 2.34. The SMILES string of the molecule is COC(=O)C1=C(C)N(c2ccccc2Cl)C(=O)C1. The summed E-state index contributed by atoms with van der Waals surface area (Å²) < 4.78 is 4.66. The fourth-order valence-corrected chi connectivity index (χ4v) is 2.19. The molecule has 2 rings (SSSR count). The zero-order chi connectivity index (χ0) is 13.3. The van der Waals surface area contributed by atoms with Crippen molar-refractivity contribution in [3.8, 4) is 0 Å². The van der Waals surface area contributed by atoms with Gasteiger partial charge in [0.15, 0.2) is 0 Å². The van der Waals surface area contributed by atoms with Crippen LogP contribution in [0.15, 0.2) is 35.5 Å². The molecule has 18 heavy (non-hydrogen) atoms. The monoisotopic (exact) mass is 265 g/mol. The summed E-state index contributed by atoms with van der Waals surface area (Å²) in [6.07, 6.45) is 0.0454. The molecule has 1 aromatic carbocycles. The largest absolute Gasteiger partial charge is 0.466 e. The summed E-state index contributed by atoms with van der Waals surface area (Å²) in [6.45, 7) is 1.71. The molecule has 0 radical (unpaired) electrons. The summed E-state index contributed by atoms with van der Waals surface area (Å²) in [4.78, 5) is 25.0. The number of nitrogens with zero attached hydrogens (tertiary/aromatic N) is 1. The highest BCUT2D eigenvalue weighted by Gasteiger charge is 2.33. The highest BCUT2D eigenvalue weighted by atomic mass is 35.5. The van der Waals surface area contributed by atoms with E-state index in [9.17, 15) is 9.59 Å². The molecular formula is C13H12ClNO3. The fraction of sp³-hybridized carbons (Fsp3) is 0.231. The standard InChI is InChI=1S/C13H12ClNO3/c1-8-9(13(17)18-2)7-12(16)15(8)11-6-4-3-5-10(11)14/h3-6H,7H2,1-2H3. The number of hydrogen-bond donors (Lipinski definition) is 0. The van der Waals surface area contributed by atoms with Crippen LogP contribution in [0.25, 0.3) is 0 Å². The number of halogens is 1. The van der Waals surface area contributed by atoms with Gasteiger partial charge in [0.1, 0.15) is 0 Å². The van der Waals surface area contributed by atoms with Gasteiger partial charge in [0, 0.05) is 5.70 Å². The summed E-state index contributed by atoms with van der Waals surface area (Å²) in [7, 11) is 1.30. The Kier molecular flexibility index (Phi) is 3.39. The highest BCUT2D eigenvalue weighted by molar-refractivity contribution is 6.34. The average Bonchev–Trinajstić information content (AvgIpc) is 2.65. The molecule has 0 fully saturated rings. The molecule has 0 atom stereocenters. The van der Waals surface area contributed by atoms with Gasteiger partial charge in [-0.2, -0.15) is 0 Å². The molecular weight excluding hydrogens is 254 g/mol. The van der Waals surface area contributed by atoms with Crippen molar-refractivity contribution >= 4 is 29.2 Å². The zero-order valence-corrected chi connectivity index (χ0v) is 10.8. The number of methoxy groups -OCH3 is 1. The lowest BCUT2D eigenvalue weighted by atomic mass is 10.2. The van der Waals surface area contributed by atoms with E-state index in [1.165, 1.54) is 12.0 Å². The minimum Gasteiger partial charge on any atom is -0.466 e. The van der Waals surface area contributed by atoms with Crippen LogP contribution >= 0.6 is 11.6 Å². The first kappa shape index (κ1) is 12.6. The van der Waals surface area contributed by atoms with Crippen molar-refractivity contribution in [1.82, 2.24) is 0 Å². The van der Waals surface area contributed by atoms with Gasteiger partial charge in [0.05, 0.1) is 29.8 Å². The van der Waals surface area contributed by atoms with E-state index in [0.717, 1.165) is 0 Å². The van der Waals surface area contributed by atoms with Crippen molar-refractivity contribution in [3.63, 3.8) is 0 Å². The van der Waals surface area contributed by atoms with Gasteiger partial charge in [-0.15, -0.1) is 0 Å². The molecule has 1 heterocycles. The predicted octanol–water partition coefficient (Wildman–Crippen LogP) is 2.52. The second-order valence-corrected chi connectivity index (χ2v) is 4.32. The number of benzene rings is 1. The minimum atomic E-state index is -0.476. The van der Waals surface area contributed by atoms with Crippen molar-refractivity contribution in [1.29, 1.82) is 0 Å². The topological polar surface area (TPSA) is 46.6 Å². The maximum absolute atomic E-state index is 12.0. The third kappa shape index (κ3) is 1.99. The van der Waals surface area contributed by atoms with E-state index < -0.39 is 5.97 Å². The van der Waals surface area contributed by atoms with Crippen LogP contribution < -0.4 is 4.90 Å². The maximum Gasteiger partial charge on any atom is 0.336 e. The van der Waals surface area contributed by atoms with Gasteiger partial charge in [0.25, 0.3) is 0 Å². The van der Waals surface area contributed by atoms with Crippen molar-refractivity contribution < 1.29 is 14.3 Å². The van der Waals surface area contributed by atoms with Gasteiger partial charge in [0.2, 0.25) is 5.91 Å². The number of para-hydroxylation sites is 1. The molecule has 5 heteroatoms. The molecule has 0 unspecified atom stereocenters. The van der Waals surface area contributed by atoms with Crippen LogP contribution in [0.3, 0.4) is 0 Å². The first-order chi connectivity index (χ1) is 8.56. The molecule has 1 aliphatic rings. The molecule has 0 aliphatic carbocycles. The smallest absolute Gasteiger partial charge is 0.336 e. The summed E-state index contributed by atoms with van der Waals surface area (Å²) in [5.41, 5.74) is 1.53.